The van der Waals surface area contributed by atoms with Crippen LogP contribution < -0.4 is 0 Å². The normalized spacial score (nSPS) is 33.3. The summed E-state index contributed by atoms with van der Waals surface area (Å²) in [5.41, 5.74) is 2.54. The summed E-state index contributed by atoms with van der Waals surface area (Å²) in [6.45, 7) is 14.9. The Morgan fingerprint density at radius 1 is 0.778 bits per heavy atom. The van der Waals surface area contributed by atoms with E-state index in [-0.39, 0.29) is 12.1 Å². The Kier molecular flexibility index (Phi) is 14.9. The summed E-state index contributed by atoms with van der Waals surface area (Å²) in [6, 6.07) is 0. The van der Waals surface area contributed by atoms with Crippen LogP contribution in [0.25, 0.3) is 0 Å². The summed E-state index contributed by atoms with van der Waals surface area (Å²) < 4.78 is 6.12. The van der Waals surface area contributed by atoms with Gasteiger partial charge in [0.2, 0.25) is 0 Å². The molecule has 260 valence electrons. The summed E-state index contributed by atoms with van der Waals surface area (Å²) >= 11 is 0. The first kappa shape index (κ1) is 37.0. The van der Waals surface area contributed by atoms with Crippen LogP contribution in [-0.2, 0) is 9.53 Å². The number of hydrogen-bond acceptors (Lipinski definition) is 2. The Morgan fingerprint density at radius 3 is 2.07 bits per heavy atom. The Balaban J connectivity index is 1.14. The standard InChI is InChI=1S/C43H76O2/c1-7-8-9-10-11-12-13-14-15-16-17-18-19-23-41(44)45-36-28-30-42(5)35(32-36)24-25-37-39-27-26-38(34(4)22-20-21-33(2)3)43(39,6)31-29-40(37)42/h24,33-34,36-40H,7-23,25-32H2,1-6H3/t34-,36+,37+,38-,39+,40+,42+,43-/m1/s1/i32+1,36+1,41+1. The molecule has 2 nitrogen and oxygen atoms in total. The van der Waals surface area contributed by atoms with Crippen LogP contribution in [0.4, 0.5) is 0 Å². The summed E-state index contributed by atoms with van der Waals surface area (Å²) in [4.78, 5) is 12.8. The molecule has 4 aliphatic carbocycles. The number of rotatable bonds is 20. The van der Waals surface area contributed by atoms with Crippen LogP contribution in [0.2, 0.25) is 0 Å². The van der Waals surface area contributed by atoms with E-state index in [1.807, 2.05) is 0 Å². The van der Waals surface area contributed by atoms with Crippen molar-refractivity contribution in [2.75, 3.05) is 0 Å². The Hall–Kier alpha value is -0.790. The van der Waals surface area contributed by atoms with Crippen molar-refractivity contribution in [2.24, 2.45) is 46.3 Å². The topological polar surface area (TPSA) is 26.3 Å². The monoisotopic (exact) mass is 628 g/mol. The lowest BCUT2D eigenvalue weighted by Crippen LogP contribution is -2.51. The third-order valence-corrected chi connectivity index (χ3v) is 14.0. The van der Waals surface area contributed by atoms with Crippen molar-refractivity contribution in [3.8, 4) is 0 Å². The summed E-state index contributed by atoms with van der Waals surface area (Å²) in [6.07, 6.45) is 35.4. The minimum absolute atomic E-state index is 0.0638. The first-order valence-corrected chi connectivity index (χ1v) is 20.6. The highest BCUT2D eigenvalue weighted by Crippen LogP contribution is 2.67. The van der Waals surface area contributed by atoms with Crippen LogP contribution >= 0.6 is 0 Å². The maximum atomic E-state index is 12.8. The summed E-state index contributed by atoms with van der Waals surface area (Å²) in [7, 11) is 0. The molecule has 0 aromatic rings. The van der Waals surface area contributed by atoms with Gasteiger partial charge in [-0.05, 0) is 97.7 Å². The van der Waals surface area contributed by atoms with Gasteiger partial charge in [0, 0.05) is 12.8 Å². The van der Waals surface area contributed by atoms with Gasteiger partial charge in [0.05, 0.1) is 0 Å². The van der Waals surface area contributed by atoms with Crippen LogP contribution in [0.5, 0.6) is 0 Å². The minimum atomic E-state index is 0.0638. The fourth-order valence-electron chi connectivity index (χ4n) is 11.3. The minimum Gasteiger partial charge on any atom is -0.462 e. The van der Waals surface area contributed by atoms with Gasteiger partial charge in [-0.1, -0.05) is 150 Å². The second-order valence-corrected chi connectivity index (χ2v) is 17.6. The molecule has 2 heteroatoms. The van der Waals surface area contributed by atoms with Crippen molar-refractivity contribution >= 4 is 5.97 Å². The van der Waals surface area contributed by atoms with Crippen molar-refractivity contribution in [1.29, 1.82) is 0 Å². The van der Waals surface area contributed by atoms with E-state index in [2.05, 4.69) is 47.6 Å². The predicted molar refractivity (Wildman–Crippen MR) is 193 cm³/mol. The molecule has 0 radical (unpaired) electrons. The van der Waals surface area contributed by atoms with E-state index in [9.17, 15) is 4.79 Å². The molecular formula is C43H76O2. The molecule has 0 saturated heterocycles. The van der Waals surface area contributed by atoms with E-state index in [0.717, 1.165) is 54.8 Å². The van der Waals surface area contributed by atoms with Gasteiger partial charge in [0.1, 0.15) is 6.10 Å². The largest absolute Gasteiger partial charge is 0.462 e. The van der Waals surface area contributed by atoms with Crippen LogP contribution in [-0.4, -0.2) is 12.1 Å². The molecule has 0 N–H and O–H groups in total. The van der Waals surface area contributed by atoms with E-state index in [1.165, 1.54) is 135 Å². The average Bonchev–Trinajstić information content (AvgIpc) is 3.37. The highest BCUT2D eigenvalue weighted by molar-refractivity contribution is 5.69. The van der Waals surface area contributed by atoms with Gasteiger partial charge in [-0.25, -0.2) is 0 Å². The molecule has 0 aromatic heterocycles. The van der Waals surface area contributed by atoms with Gasteiger partial charge >= 0.3 is 5.97 Å². The molecule has 0 unspecified atom stereocenters. The third-order valence-electron chi connectivity index (χ3n) is 14.0. The highest BCUT2D eigenvalue weighted by Gasteiger charge is 2.59. The number of carbonyl (C=O) groups is 1. The fraction of sp³-hybridized carbons (Fsp3) is 0.930. The number of fused-ring (bicyclic) bond motifs is 5. The lowest BCUT2D eigenvalue weighted by atomic mass is 9.48. The number of unbranched alkanes of at least 4 members (excludes halogenated alkanes) is 12. The molecule has 0 heterocycles. The van der Waals surface area contributed by atoms with E-state index in [0.29, 0.717) is 17.3 Å². The Morgan fingerprint density at radius 2 is 1.42 bits per heavy atom. The summed E-state index contributed by atoms with van der Waals surface area (Å²) in [5, 5.41) is 0. The zero-order valence-corrected chi connectivity index (χ0v) is 31.1. The maximum absolute atomic E-state index is 12.8. The average molecular weight is 628 g/mol. The molecule has 3 fully saturated rings. The molecule has 0 aliphatic heterocycles. The van der Waals surface area contributed by atoms with Crippen LogP contribution in [0.3, 0.4) is 0 Å². The maximum Gasteiger partial charge on any atom is 0.306 e. The fourth-order valence-corrected chi connectivity index (χ4v) is 11.3. The van der Waals surface area contributed by atoms with E-state index in [1.54, 1.807) is 5.57 Å². The SMILES string of the molecule is CCCCCCCCCCCCCCC[13C](=O)O[13C@H]1CC[C@@]2(C)C(=CC[C@H]3[C@@H]4CC[C@H]([C@H](C)CCCC(C)C)[C@@]4(C)CC[C@@H]32)[13CH2]1. The quantitative estimate of drug-likeness (QED) is 0.0581. The second kappa shape index (κ2) is 18.1. The van der Waals surface area contributed by atoms with E-state index >= 15 is 0 Å². The van der Waals surface area contributed by atoms with Gasteiger partial charge in [-0.2, -0.15) is 0 Å². The van der Waals surface area contributed by atoms with Gasteiger partial charge in [-0.15, -0.1) is 0 Å². The first-order valence-electron chi connectivity index (χ1n) is 20.6. The van der Waals surface area contributed by atoms with Gasteiger partial charge in [0.15, 0.2) is 0 Å². The molecule has 0 spiro atoms. The molecule has 0 aromatic carbocycles. The van der Waals surface area contributed by atoms with Crippen molar-refractivity contribution < 1.29 is 9.53 Å². The first-order chi connectivity index (χ1) is 21.7. The molecule has 4 aliphatic rings. The molecule has 0 bridgehead atoms. The van der Waals surface area contributed by atoms with Crippen LogP contribution in [0.1, 0.15) is 202 Å². The molecule has 8 atom stereocenters. The molecule has 3 saturated carbocycles. The Bertz CT molecular complexity index is 904. The lowest BCUT2D eigenvalue weighted by Gasteiger charge is -2.58. The van der Waals surface area contributed by atoms with E-state index < -0.39 is 0 Å². The zero-order chi connectivity index (χ0) is 32.3. The Labute approximate surface area is 281 Å². The van der Waals surface area contributed by atoms with Crippen LogP contribution in [0.15, 0.2) is 11.6 Å². The second-order valence-electron chi connectivity index (χ2n) is 17.6. The number of carbonyl (C=O) groups excluding carboxylic acids is 1. The number of allylic oxidation sites excluding steroid dienone is 1. The predicted octanol–water partition coefficient (Wildman–Crippen LogP) is 13.4. The lowest BCUT2D eigenvalue weighted by molar-refractivity contribution is -0.151. The van der Waals surface area contributed by atoms with Crippen molar-refractivity contribution in [1.82, 2.24) is 0 Å². The molecule has 4 rings (SSSR count). The van der Waals surface area contributed by atoms with Gasteiger partial charge in [-0.3, -0.25) is 4.79 Å². The number of hydrogen-bond donors (Lipinski definition) is 0. The highest BCUT2D eigenvalue weighted by atomic mass is 16.7. The molecular weight excluding hydrogens is 551 g/mol. The number of ether oxygens (including phenoxy) is 1. The smallest absolute Gasteiger partial charge is 0.306 e. The van der Waals surface area contributed by atoms with Crippen LogP contribution in [0, 0.1) is 46.3 Å². The third kappa shape index (κ3) is 9.87. The van der Waals surface area contributed by atoms with Crippen molar-refractivity contribution in [3.05, 3.63) is 11.6 Å². The molecule has 45 heavy (non-hydrogen) atoms. The van der Waals surface area contributed by atoms with Crippen molar-refractivity contribution in [3.63, 3.8) is 0 Å². The summed E-state index contributed by atoms with van der Waals surface area (Å²) in [5.74, 6) is 5.34. The van der Waals surface area contributed by atoms with Crippen molar-refractivity contribution in [2.45, 2.75) is 208 Å². The zero-order valence-electron chi connectivity index (χ0n) is 31.1. The van der Waals surface area contributed by atoms with Gasteiger partial charge < -0.3 is 4.74 Å². The van der Waals surface area contributed by atoms with E-state index in [4.69, 9.17) is 4.74 Å². The number of esters is 1. The van der Waals surface area contributed by atoms with Gasteiger partial charge in [0.25, 0.3) is 0 Å². The molecule has 0 amide bonds.